The molecular formula is C18H21NO2. The van der Waals surface area contributed by atoms with Gasteiger partial charge in [-0.3, -0.25) is 0 Å². The number of fused-ring (bicyclic) bond motifs is 1. The van der Waals surface area contributed by atoms with Crippen LogP contribution in [0, 0.1) is 6.92 Å². The van der Waals surface area contributed by atoms with E-state index in [1.165, 1.54) is 10.9 Å². The fourth-order valence-corrected chi connectivity index (χ4v) is 2.73. The molecule has 3 nitrogen and oxygen atoms in total. The van der Waals surface area contributed by atoms with Gasteiger partial charge in [0, 0.05) is 11.8 Å². The van der Waals surface area contributed by atoms with Crippen molar-refractivity contribution in [3.63, 3.8) is 0 Å². The first-order valence-electron chi connectivity index (χ1n) is 7.52. The lowest BCUT2D eigenvalue weighted by Gasteiger charge is -2.14. The second kappa shape index (κ2) is 6.19. The Labute approximate surface area is 124 Å². The zero-order valence-electron chi connectivity index (χ0n) is 12.6. The quantitative estimate of drug-likeness (QED) is 0.717. The summed E-state index contributed by atoms with van der Waals surface area (Å²) < 4.78 is 11.5. The Morgan fingerprint density at radius 3 is 2.81 bits per heavy atom. The Balaban J connectivity index is 1.82. The molecule has 3 aromatic rings. The van der Waals surface area contributed by atoms with Gasteiger partial charge in [0.25, 0.3) is 0 Å². The second-order valence-corrected chi connectivity index (χ2v) is 5.37. The minimum atomic E-state index is 0.215. The smallest absolute Gasteiger partial charge is 0.137 e. The van der Waals surface area contributed by atoms with E-state index in [1.807, 2.05) is 12.1 Å². The molecule has 1 aromatic carbocycles. The number of furan rings is 2. The van der Waals surface area contributed by atoms with Crippen LogP contribution in [0.2, 0.25) is 0 Å². The van der Waals surface area contributed by atoms with Gasteiger partial charge in [-0.2, -0.15) is 0 Å². The molecule has 0 amide bonds. The van der Waals surface area contributed by atoms with E-state index in [0.29, 0.717) is 0 Å². The van der Waals surface area contributed by atoms with Gasteiger partial charge in [-0.15, -0.1) is 0 Å². The first-order valence-corrected chi connectivity index (χ1v) is 7.52. The maximum atomic E-state index is 6.09. The van der Waals surface area contributed by atoms with Gasteiger partial charge >= 0.3 is 0 Å². The monoisotopic (exact) mass is 283 g/mol. The Hall–Kier alpha value is -2.00. The summed E-state index contributed by atoms with van der Waals surface area (Å²) >= 11 is 0. The van der Waals surface area contributed by atoms with E-state index in [9.17, 15) is 0 Å². The van der Waals surface area contributed by atoms with Gasteiger partial charge in [0.15, 0.2) is 0 Å². The molecule has 2 heterocycles. The lowest BCUT2D eigenvalue weighted by atomic mass is 10.1. The fourth-order valence-electron chi connectivity index (χ4n) is 2.73. The molecule has 1 unspecified atom stereocenters. The molecule has 0 saturated carbocycles. The van der Waals surface area contributed by atoms with E-state index in [4.69, 9.17) is 8.83 Å². The average molecular weight is 283 g/mol. The van der Waals surface area contributed by atoms with Gasteiger partial charge in [0.2, 0.25) is 0 Å². The van der Waals surface area contributed by atoms with Gasteiger partial charge in [-0.1, -0.05) is 25.1 Å². The van der Waals surface area contributed by atoms with Crippen molar-refractivity contribution >= 4 is 11.0 Å². The molecule has 3 rings (SSSR count). The number of para-hydroxylation sites is 1. The first kappa shape index (κ1) is 14.0. The molecule has 0 aliphatic carbocycles. The first-order chi connectivity index (χ1) is 10.3. The third-order valence-electron chi connectivity index (χ3n) is 3.81. The Morgan fingerprint density at radius 2 is 2.10 bits per heavy atom. The average Bonchev–Trinajstić information content (AvgIpc) is 3.13. The minimum absolute atomic E-state index is 0.215. The van der Waals surface area contributed by atoms with Crippen LogP contribution in [0.5, 0.6) is 0 Å². The SMILES string of the molecule is CCNC(CCc1ccco1)c1cc2cccc(C)c2o1. The van der Waals surface area contributed by atoms with Crippen molar-refractivity contribution in [1.82, 2.24) is 5.32 Å². The number of hydrogen-bond acceptors (Lipinski definition) is 3. The van der Waals surface area contributed by atoms with Gasteiger partial charge in [0.05, 0.1) is 12.3 Å². The molecule has 0 bridgehead atoms. The van der Waals surface area contributed by atoms with Crippen LogP contribution in [0.15, 0.2) is 51.5 Å². The third-order valence-corrected chi connectivity index (χ3v) is 3.81. The molecule has 1 atom stereocenters. The molecule has 2 aromatic heterocycles. The van der Waals surface area contributed by atoms with Crippen molar-refractivity contribution in [3.8, 4) is 0 Å². The Bertz CT molecular complexity index is 697. The highest BCUT2D eigenvalue weighted by Crippen LogP contribution is 2.28. The summed E-state index contributed by atoms with van der Waals surface area (Å²) in [6.07, 6.45) is 3.59. The van der Waals surface area contributed by atoms with E-state index in [0.717, 1.165) is 36.5 Å². The Kier molecular flexibility index (Phi) is 4.11. The number of aryl methyl sites for hydroxylation is 2. The lowest BCUT2D eigenvalue weighted by molar-refractivity contribution is 0.401. The van der Waals surface area contributed by atoms with Crippen molar-refractivity contribution in [2.24, 2.45) is 0 Å². The van der Waals surface area contributed by atoms with E-state index in [-0.39, 0.29) is 6.04 Å². The largest absolute Gasteiger partial charge is 0.469 e. The van der Waals surface area contributed by atoms with E-state index in [1.54, 1.807) is 6.26 Å². The molecule has 0 aliphatic heterocycles. The van der Waals surface area contributed by atoms with E-state index < -0.39 is 0 Å². The van der Waals surface area contributed by atoms with Crippen LogP contribution in [0.4, 0.5) is 0 Å². The van der Waals surface area contributed by atoms with Crippen LogP contribution in [0.1, 0.15) is 36.5 Å². The van der Waals surface area contributed by atoms with E-state index >= 15 is 0 Å². The molecule has 0 aliphatic rings. The van der Waals surface area contributed by atoms with Crippen molar-refractivity contribution in [1.29, 1.82) is 0 Å². The van der Waals surface area contributed by atoms with Gasteiger partial charge in [-0.25, -0.2) is 0 Å². The zero-order valence-corrected chi connectivity index (χ0v) is 12.6. The lowest BCUT2D eigenvalue weighted by Crippen LogP contribution is -2.20. The number of benzene rings is 1. The summed E-state index contributed by atoms with van der Waals surface area (Å²) in [5.41, 5.74) is 2.17. The van der Waals surface area contributed by atoms with Gasteiger partial charge in [-0.05, 0) is 43.7 Å². The summed E-state index contributed by atoms with van der Waals surface area (Å²) in [5.74, 6) is 2.03. The minimum Gasteiger partial charge on any atom is -0.469 e. The van der Waals surface area contributed by atoms with Crippen LogP contribution in [0.25, 0.3) is 11.0 Å². The predicted molar refractivity (Wildman–Crippen MR) is 84.4 cm³/mol. The molecule has 3 heteroatoms. The highest BCUT2D eigenvalue weighted by Gasteiger charge is 2.16. The zero-order chi connectivity index (χ0) is 14.7. The summed E-state index contributed by atoms with van der Waals surface area (Å²) in [7, 11) is 0. The fraction of sp³-hybridized carbons (Fsp3) is 0.333. The van der Waals surface area contributed by atoms with Crippen molar-refractivity contribution in [3.05, 3.63) is 59.7 Å². The summed E-state index contributed by atoms with van der Waals surface area (Å²) in [4.78, 5) is 0. The molecule has 0 spiro atoms. The Morgan fingerprint density at radius 1 is 1.19 bits per heavy atom. The maximum Gasteiger partial charge on any atom is 0.137 e. The van der Waals surface area contributed by atoms with Crippen LogP contribution >= 0.6 is 0 Å². The maximum absolute atomic E-state index is 6.09. The molecular weight excluding hydrogens is 262 g/mol. The van der Waals surface area contributed by atoms with Crippen molar-refractivity contribution < 1.29 is 8.83 Å². The molecule has 0 fully saturated rings. The highest BCUT2D eigenvalue weighted by molar-refractivity contribution is 5.81. The third kappa shape index (κ3) is 3.03. The molecule has 21 heavy (non-hydrogen) atoms. The number of rotatable bonds is 6. The summed E-state index contributed by atoms with van der Waals surface area (Å²) in [5, 5.41) is 4.68. The van der Waals surface area contributed by atoms with Crippen LogP contribution < -0.4 is 5.32 Å². The molecule has 1 N–H and O–H groups in total. The highest BCUT2D eigenvalue weighted by atomic mass is 16.3. The molecule has 0 radical (unpaired) electrons. The van der Waals surface area contributed by atoms with Crippen molar-refractivity contribution in [2.45, 2.75) is 32.7 Å². The molecule has 110 valence electrons. The van der Waals surface area contributed by atoms with Gasteiger partial charge < -0.3 is 14.2 Å². The normalized spacial score (nSPS) is 12.9. The molecule has 0 saturated heterocycles. The second-order valence-electron chi connectivity index (χ2n) is 5.37. The predicted octanol–water partition coefficient (Wildman–Crippen LogP) is 4.62. The number of hydrogen-bond donors (Lipinski definition) is 1. The summed E-state index contributed by atoms with van der Waals surface area (Å²) in [6.45, 7) is 5.12. The van der Waals surface area contributed by atoms with Crippen LogP contribution in [-0.4, -0.2) is 6.54 Å². The van der Waals surface area contributed by atoms with Crippen molar-refractivity contribution in [2.75, 3.05) is 6.54 Å². The van der Waals surface area contributed by atoms with Crippen LogP contribution in [-0.2, 0) is 6.42 Å². The summed E-state index contributed by atoms with van der Waals surface area (Å²) in [6, 6.07) is 12.6. The standard InChI is InChI=1S/C18H21NO2/c1-3-19-16(10-9-15-8-5-11-20-15)17-12-14-7-4-6-13(2)18(14)21-17/h4-8,11-12,16,19H,3,9-10H2,1-2H3. The topological polar surface area (TPSA) is 38.3 Å². The van der Waals surface area contributed by atoms with Gasteiger partial charge in [0.1, 0.15) is 17.1 Å². The van der Waals surface area contributed by atoms with E-state index in [2.05, 4.69) is 43.4 Å². The number of nitrogens with one attached hydrogen (secondary N) is 1. The van der Waals surface area contributed by atoms with Crippen LogP contribution in [0.3, 0.4) is 0 Å².